The Morgan fingerprint density at radius 2 is 2.00 bits per heavy atom. The van der Waals surface area contributed by atoms with Crippen LogP contribution in [-0.2, 0) is 20.9 Å². The first-order valence-corrected chi connectivity index (χ1v) is 5.97. The molecule has 19 heavy (non-hydrogen) atoms. The Kier molecular flexibility index (Phi) is 4.11. The smallest absolute Gasteiger partial charge is 0.332 e. The minimum absolute atomic E-state index is 0.0586. The van der Waals surface area contributed by atoms with E-state index in [-0.39, 0.29) is 6.54 Å². The van der Waals surface area contributed by atoms with Gasteiger partial charge in [-0.1, -0.05) is 18.2 Å². The zero-order chi connectivity index (χ0) is 13.8. The van der Waals surface area contributed by atoms with Gasteiger partial charge in [0, 0.05) is 12.1 Å². The molecule has 0 aromatic heterocycles. The van der Waals surface area contributed by atoms with E-state index >= 15 is 0 Å². The lowest BCUT2D eigenvalue weighted by Crippen LogP contribution is -2.35. The Morgan fingerprint density at radius 3 is 2.63 bits per heavy atom. The van der Waals surface area contributed by atoms with E-state index in [1.165, 1.54) is 6.07 Å². The number of benzene rings is 1. The summed E-state index contributed by atoms with van der Waals surface area (Å²) >= 11 is 0. The van der Waals surface area contributed by atoms with Gasteiger partial charge >= 0.3 is 5.97 Å². The van der Waals surface area contributed by atoms with Crippen LogP contribution in [0.4, 0.5) is 4.39 Å². The van der Waals surface area contributed by atoms with Crippen molar-refractivity contribution in [1.82, 2.24) is 5.32 Å². The number of halogens is 1. The number of carboxylic acids is 1. The summed E-state index contributed by atoms with van der Waals surface area (Å²) in [7, 11) is 0. The van der Waals surface area contributed by atoms with Gasteiger partial charge in [-0.15, -0.1) is 0 Å². The monoisotopic (exact) mass is 267 g/mol. The lowest BCUT2D eigenvalue weighted by atomic mass is 10.1. The molecule has 0 unspecified atom stereocenters. The molecule has 1 saturated heterocycles. The minimum atomic E-state index is -1.07. The second-order valence-corrected chi connectivity index (χ2v) is 4.34. The second-order valence-electron chi connectivity index (χ2n) is 4.34. The molecule has 1 aromatic carbocycles. The van der Waals surface area contributed by atoms with E-state index in [1.807, 2.05) is 0 Å². The van der Waals surface area contributed by atoms with Crippen LogP contribution in [0.15, 0.2) is 24.3 Å². The van der Waals surface area contributed by atoms with Gasteiger partial charge in [0.25, 0.3) is 0 Å². The number of carboxylic acid groups (broad SMARTS) is 1. The van der Waals surface area contributed by atoms with Crippen molar-refractivity contribution in [1.29, 1.82) is 0 Å². The van der Waals surface area contributed by atoms with E-state index in [1.54, 1.807) is 18.2 Å². The summed E-state index contributed by atoms with van der Waals surface area (Å²) in [5, 5.41) is 11.3. The number of amides is 1. The molecule has 0 spiro atoms. The van der Waals surface area contributed by atoms with E-state index in [0.717, 1.165) is 0 Å². The molecule has 6 heteroatoms. The maximum atomic E-state index is 13.3. The molecule has 0 aliphatic carbocycles. The first-order valence-electron chi connectivity index (χ1n) is 5.97. The third-order valence-electron chi connectivity index (χ3n) is 3.00. The Morgan fingerprint density at radius 1 is 1.32 bits per heavy atom. The second kappa shape index (κ2) is 5.79. The quantitative estimate of drug-likeness (QED) is 0.855. The van der Waals surface area contributed by atoms with Crippen molar-refractivity contribution < 1.29 is 23.8 Å². The minimum Gasteiger partial charge on any atom is -0.479 e. The van der Waals surface area contributed by atoms with Gasteiger partial charge in [-0.05, 0) is 18.9 Å². The molecule has 5 nitrogen and oxygen atoms in total. The molecule has 1 amide bonds. The van der Waals surface area contributed by atoms with Crippen molar-refractivity contribution in [3.63, 3.8) is 0 Å². The van der Waals surface area contributed by atoms with Gasteiger partial charge in [-0.2, -0.15) is 0 Å². The first-order chi connectivity index (χ1) is 9.08. The molecular formula is C13H14FNO4. The van der Waals surface area contributed by atoms with Crippen LogP contribution in [0.25, 0.3) is 0 Å². The van der Waals surface area contributed by atoms with Crippen molar-refractivity contribution in [3.05, 3.63) is 35.6 Å². The van der Waals surface area contributed by atoms with Crippen molar-refractivity contribution in [2.24, 2.45) is 0 Å². The number of aliphatic carboxylic acids is 1. The van der Waals surface area contributed by atoms with Crippen molar-refractivity contribution in [3.8, 4) is 0 Å². The van der Waals surface area contributed by atoms with Crippen LogP contribution in [-0.4, -0.2) is 29.2 Å². The van der Waals surface area contributed by atoms with Crippen molar-refractivity contribution >= 4 is 11.9 Å². The summed E-state index contributed by atoms with van der Waals surface area (Å²) in [5.74, 6) is -1.87. The van der Waals surface area contributed by atoms with E-state index < -0.39 is 29.9 Å². The maximum Gasteiger partial charge on any atom is 0.332 e. The topological polar surface area (TPSA) is 75.6 Å². The van der Waals surface area contributed by atoms with Gasteiger partial charge < -0.3 is 15.2 Å². The van der Waals surface area contributed by atoms with Crippen molar-refractivity contribution in [2.45, 2.75) is 31.6 Å². The summed E-state index contributed by atoms with van der Waals surface area (Å²) in [5.41, 5.74) is 0.378. The molecule has 1 heterocycles. The number of rotatable bonds is 4. The predicted molar refractivity (Wildman–Crippen MR) is 63.8 cm³/mol. The highest BCUT2D eigenvalue weighted by Crippen LogP contribution is 2.20. The summed E-state index contributed by atoms with van der Waals surface area (Å²) < 4.78 is 18.4. The van der Waals surface area contributed by atoms with E-state index in [9.17, 15) is 14.0 Å². The van der Waals surface area contributed by atoms with Gasteiger partial charge in [0.15, 0.2) is 6.10 Å². The van der Waals surface area contributed by atoms with Crippen LogP contribution in [0, 0.1) is 5.82 Å². The number of ether oxygens (including phenoxy) is 1. The lowest BCUT2D eigenvalue weighted by Gasteiger charge is -2.12. The van der Waals surface area contributed by atoms with Crippen LogP contribution >= 0.6 is 0 Å². The summed E-state index contributed by atoms with van der Waals surface area (Å²) in [6, 6.07) is 6.13. The van der Waals surface area contributed by atoms with Crippen LogP contribution in [0.2, 0.25) is 0 Å². The Labute approximate surface area is 109 Å². The third-order valence-corrected chi connectivity index (χ3v) is 3.00. The molecule has 0 bridgehead atoms. The number of carbonyl (C=O) groups is 2. The molecule has 102 valence electrons. The van der Waals surface area contributed by atoms with E-state index in [4.69, 9.17) is 9.84 Å². The van der Waals surface area contributed by atoms with Crippen LogP contribution in [0.3, 0.4) is 0 Å². The van der Waals surface area contributed by atoms with Gasteiger partial charge in [-0.3, -0.25) is 4.79 Å². The van der Waals surface area contributed by atoms with Gasteiger partial charge in [0.2, 0.25) is 5.91 Å². The molecule has 1 fully saturated rings. The number of hydrogen-bond acceptors (Lipinski definition) is 3. The third kappa shape index (κ3) is 3.29. The Balaban J connectivity index is 1.86. The molecule has 1 aromatic rings. The molecule has 2 atom stereocenters. The molecule has 1 aliphatic heterocycles. The van der Waals surface area contributed by atoms with Crippen LogP contribution < -0.4 is 5.32 Å². The van der Waals surface area contributed by atoms with E-state index in [0.29, 0.717) is 18.4 Å². The fourth-order valence-corrected chi connectivity index (χ4v) is 1.95. The zero-order valence-corrected chi connectivity index (χ0v) is 10.1. The molecule has 1 aliphatic rings. The highest BCUT2D eigenvalue weighted by atomic mass is 19.1. The Bertz CT molecular complexity index is 491. The number of carbonyl (C=O) groups excluding carboxylic acids is 1. The highest BCUT2D eigenvalue weighted by molar-refractivity contribution is 5.82. The fraction of sp³-hybridized carbons (Fsp3) is 0.385. The zero-order valence-electron chi connectivity index (χ0n) is 10.1. The lowest BCUT2D eigenvalue weighted by molar-refractivity contribution is -0.151. The van der Waals surface area contributed by atoms with E-state index in [2.05, 4.69) is 5.32 Å². The van der Waals surface area contributed by atoms with Crippen molar-refractivity contribution in [2.75, 3.05) is 0 Å². The average Bonchev–Trinajstić information content (AvgIpc) is 2.87. The number of hydrogen-bond donors (Lipinski definition) is 2. The molecule has 0 saturated carbocycles. The molecule has 2 rings (SSSR count). The van der Waals surface area contributed by atoms with Crippen LogP contribution in [0.1, 0.15) is 18.4 Å². The fourth-order valence-electron chi connectivity index (χ4n) is 1.95. The normalized spacial score (nSPS) is 22.2. The first kappa shape index (κ1) is 13.5. The highest BCUT2D eigenvalue weighted by Gasteiger charge is 2.34. The molecule has 0 radical (unpaired) electrons. The SMILES string of the molecule is O=C(NCc1ccccc1F)[C@@H]1CC[C@H](C(=O)O)O1. The van der Waals surface area contributed by atoms with Gasteiger partial charge in [0.1, 0.15) is 11.9 Å². The predicted octanol–water partition coefficient (Wildman–Crippen LogP) is 1.07. The van der Waals surface area contributed by atoms with Gasteiger partial charge in [-0.25, -0.2) is 9.18 Å². The maximum absolute atomic E-state index is 13.3. The molecule has 2 N–H and O–H groups in total. The summed E-state index contributed by atoms with van der Waals surface area (Å²) in [4.78, 5) is 22.4. The summed E-state index contributed by atoms with van der Waals surface area (Å²) in [6.07, 6.45) is -1.02. The van der Waals surface area contributed by atoms with Gasteiger partial charge in [0.05, 0.1) is 0 Å². The van der Waals surface area contributed by atoms with Crippen LogP contribution in [0.5, 0.6) is 0 Å². The molecular weight excluding hydrogens is 253 g/mol. The largest absolute Gasteiger partial charge is 0.479 e. The Hall–Kier alpha value is -1.95. The standard InChI is InChI=1S/C13H14FNO4/c14-9-4-2-1-3-8(9)7-15-12(16)10-5-6-11(19-10)13(17)18/h1-4,10-11H,5-7H2,(H,15,16)(H,17,18)/t10-,11+/m0/s1. The average molecular weight is 267 g/mol. The number of nitrogens with one attached hydrogen (secondary N) is 1. The summed E-state index contributed by atoms with van der Waals surface area (Å²) in [6.45, 7) is 0.0586.